The molecule has 5 nitrogen and oxygen atoms in total. The first-order valence-electron chi connectivity index (χ1n) is 4.79. The fourth-order valence-electron chi connectivity index (χ4n) is 1.33. The zero-order valence-corrected chi connectivity index (χ0v) is 9.12. The van der Waals surface area contributed by atoms with Crippen LogP contribution in [-0.2, 0) is 0 Å². The molecule has 0 fully saturated rings. The van der Waals surface area contributed by atoms with Gasteiger partial charge < -0.3 is 16.8 Å². The molecule has 5 N–H and O–H groups in total. The number of nitrogens with one attached hydrogen (secondary N) is 1. The maximum absolute atomic E-state index is 5.26. The standard InChI is InChI=1S/C10H17N5/c1-7-4-3-5-8(7)6-14-10(13-2)15-9(11)12/h3,5H,4,6H2,1-2H3,(H5,11,12,13,14,15). The topological polar surface area (TPSA) is 88.8 Å². The summed E-state index contributed by atoms with van der Waals surface area (Å²) in [4.78, 5) is 7.77. The van der Waals surface area contributed by atoms with Gasteiger partial charge in [-0.05, 0) is 18.9 Å². The second-order valence-electron chi connectivity index (χ2n) is 3.35. The van der Waals surface area contributed by atoms with E-state index in [0.29, 0.717) is 12.5 Å². The van der Waals surface area contributed by atoms with Crippen LogP contribution in [0.15, 0.2) is 33.3 Å². The lowest BCUT2D eigenvalue weighted by molar-refractivity contribution is 0.972. The first-order valence-corrected chi connectivity index (χ1v) is 4.79. The molecule has 5 heteroatoms. The Bertz CT molecular complexity index is 345. The Balaban J connectivity index is 2.53. The fraction of sp³-hybridized carbons (Fsp3) is 0.400. The summed E-state index contributed by atoms with van der Waals surface area (Å²) in [6, 6.07) is 0. The van der Waals surface area contributed by atoms with E-state index in [4.69, 9.17) is 11.5 Å². The van der Waals surface area contributed by atoms with Crippen LogP contribution in [0.25, 0.3) is 0 Å². The van der Waals surface area contributed by atoms with Crippen molar-refractivity contribution in [3.05, 3.63) is 23.3 Å². The van der Waals surface area contributed by atoms with E-state index in [1.807, 2.05) is 0 Å². The van der Waals surface area contributed by atoms with E-state index in [2.05, 4.69) is 34.4 Å². The molecule has 0 unspecified atom stereocenters. The number of rotatable bonds is 2. The first kappa shape index (κ1) is 11.3. The van der Waals surface area contributed by atoms with E-state index in [-0.39, 0.29) is 5.96 Å². The largest absolute Gasteiger partial charge is 0.370 e. The maximum Gasteiger partial charge on any atom is 0.221 e. The van der Waals surface area contributed by atoms with Gasteiger partial charge in [-0.2, -0.15) is 4.99 Å². The van der Waals surface area contributed by atoms with Crippen molar-refractivity contribution in [1.29, 1.82) is 0 Å². The minimum Gasteiger partial charge on any atom is -0.370 e. The van der Waals surface area contributed by atoms with Gasteiger partial charge in [0.1, 0.15) is 0 Å². The summed E-state index contributed by atoms with van der Waals surface area (Å²) < 4.78 is 0. The van der Waals surface area contributed by atoms with E-state index in [0.717, 1.165) is 6.42 Å². The Labute approximate surface area is 89.7 Å². The highest BCUT2D eigenvalue weighted by molar-refractivity contribution is 5.93. The summed E-state index contributed by atoms with van der Waals surface area (Å²) in [6.45, 7) is 2.81. The molecule has 1 rings (SSSR count). The molecule has 0 saturated carbocycles. The van der Waals surface area contributed by atoms with Gasteiger partial charge in [-0.3, -0.25) is 4.99 Å². The second-order valence-corrected chi connectivity index (χ2v) is 3.35. The smallest absolute Gasteiger partial charge is 0.221 e. The van der Waals surface area contributed by atoms with Gasteiger partial charge in [-0.25, -0.2) is 0 Å². The molecule has 0 aromatic carbocycles. The zero-order chi connectivity index (χ0) is 11.3. The van der Waals surface area contributed by atoms with E-state index in [9.17, 15) is 0 Å². The number of hydrogen-bond acceptors (Lipinski definition) is 1. The lowest BCUT2D eigenvalue weighted by Gasteiger charge is -2.06. The first-order chi connectivity index (χ1) is 7.13. The molecule has 0 heterocycles. The van der Waals surface area contributed by atoms with E-state index >= 15 is 0 Å². The van der Waals surface area contributed by atoms with Crippen LogP contribution in [0, 0.1) is 0 Å². The van der Waals surface area contributed by atoms with Crippen LogP contribution >= 0.6 is 0 Å². The number of aliphatic imine (C=N–C) groups is 2. The van der Waals surface area contributed by atoms with Gasteiger partial charge in [-0.1, -0.05) is 17.7 Å². The molecule has 0 amide bonds. The molecule has 0 aromatic rings. The third kappa shape index (κ3) is 3.46. The molecule has 0 atom stereocenters. The molecule has 1 aliphatic carbocycles. The fourth-order valence-corrected chi connectivity index (χ4v) is 1.33. The zero-order valence-electron chi connectivity index (χ0n) is 9.12. The number of allylic oxidation sites excluding steroid dienone is 2. The predicted octanol–water partition coefficient (Wildman–Crippen LogP) is 0.112. The van der Waals surface area contributed by atoms with Crippen molar-refractivity contribution in [3.8, 4) is 0 Å². The summed E-state index contributed by atoms with van der Waals surface area (Å²) in [5.74, 6) is 0.464. The van der Waals surface area contributed by atoms with Crippen LogP contribution in [-0.4, -0.2) is 25.5 Å². The quantitative estimate of drug-likeness (QED) is 0.443. The van der Waals surface area contributed by atoms with Crippen molar-refractivity contribution in [2.75, 3.05) is 13.6 Å². The van der Waals surface area contributed by atoms with Crippen molar-refractivity contribution in [2.45, 2.75) is 13.3 Å². The molecular weight excluding hydrogens is 190 g/mol. The Morgan fingerprint density at radius 2 is 2.27 bits per heavy atom. The van der Waals surface area contributed by atoms with Crippen LogP contribution in [0.1, 0.15) is 13.3 Å². The van der Waals surface area contributed by atoms with Crippen molar-refractivity contribution in [1.82, 2.24) is 5.32 Å². The van der Waals surface area contributed by atoms with Gasteiger partial charge in [0.2, 0.25) is 5.96 Å². The van der Waals surface area contributed by atoms with Crippen LogP contribution in [0.4, 0.5) is 0 Å². The van der Waals surface area contributed by atoms with E-state index in [1.54, 1.807) is 7.05 Å². The summed E-state index contributed by atoms with van der Waals surface area (Å²) in [6.07, 6.45) is 5.26. The average Bonchev–Trinajstić information content (AvgIpc) is 2.58. The average molecular weight is 207 g/mol. The number of hydrogen-bond donors (Lipinski definition) is 3. The van der Waals surface area contributed by atoms with E-state index < -0.39 is 0 Å². The minimum atomic E-state index is 0.00997. The molecule has 0 bridgehead atoms. The Kier molecular flexibility index (Phi) is 3.91. The van der Waals surface area contributed by atoms with Crippen molar-refractivity contribution >= 4 is 11.9 Å². The molecule has 0 aliphatic heterocycles. The molecule has 0 saturated heterocycles. The van der Waals surface area contributed by atoms with Gasteiger partial charge >= 0.3 is 0 Å². The van der Waals surface area contributed by atoms with Crippen molar-refractivity contribution in [3.63, 3.8) is 0 Å². The highest BCUT2D eigenvalue weighted by Gasteiger charge is 2.05. The van der Waals surface area contributed by atoms with E-state index in [1.165, 1.54) is 11.1 Å². The number of guanidine groups is 2. The van der Waals surface area contributed by atoms with Crippen molar-refractivity contribution in [2.24, 2.45) is 21.5 Å². The molecule has 0 spiro atoms. The third-order valence-electron chi connectivity index (χ3n) is 2.18. The Morgan fingerprint density at radius 1 is 1.53 bits per heavy atom. The molecule has 0 aromatic heterocycles. The SMILES string of the molecule is CN=C(N=C(N)N)NCC1=C(C)CC=C1. The van der Waals surface area contributed by atoms with Gasteiger partial charge in [0, 0.05) is 13.6 Å². The van der Waals surface area contributed by atoms with Gasteiger partial charge in [0.15, 0.2) is 5.96 Å². The minimum absolute atomic E-state index is 0.00997. The molecule has 1 aliphatic rings. The lowest BCUT2D eigenvalue weighted by Crippen LogP contribution is -2.30. The second kappa shape index (κ2) is 5.19. The van der Waals surface area contributed by atoms with Gasteiger partial charge in [0.25, 0.3) is 0 Å². The molecule has 0 radical (unpaired) electrons. The number of nitrogens with zero attached hydrogens (tertiary/aromatic N) is 2. The molecular formula is C10H17N5. The predicted molar refractivity (Wildman–Crippen MR) is 63.6 cm³/mol. The summed E-state index contributed by atoms with van der Waals surface area (Å²) >= 11 is 0. The van der Waals surface area contributed by atoms with Crippen LogP contribution in [0.5, 0.6) is 0 Å². The van der Waals surface area contributed by atoms with Crippen molar-refractivity contribution < 1.29 is 0 Å². The molecule has 82 valence electrons. The lowest BCUT2D eigenvalue weighted by atomic mass is 10.2. The monoisotopic (exact) mass is 207 g/mol. The van der Waals surface area contributed by atoms with Crippen LogP contribution < -0.4 is 16.8 Å². The normalized spacial score (nSPS) is 15.7. The van der Waals surface area contributed by atoms with Gasteiger partial charge in [0.05, 0.1) is 0 Å². The maximum atomic E-state index is 5.26. The summed E-state index contributed by atoms with van der Waals surface area (Å²) in [5.41, 5.74) is 13.2. The van der Waals surface area contributed by atoms with Crippen LogP contribution in [0.2, 0.25) is 0 Å². The van der Waals surface area contributed by atoms with Crippen LogP contribution in [0.3, 0.4) is 0 Å². The van der Waals surface area contributed by atoms with Gasteiger partial charge in [-0.15, -0.1) is 0 Å². The molecule has 15 heavy (non-hydrogen) atoms. The Morgan fingerprint density at radius 3 is 2.73 bits per heavy atom. The Hall–Kier alpha value is -1.78. The summed E-state index contributed by atoms with van der Waals surface area (Å²) in [7, 11) is 1.64. The third-order valence-corrected chi connectivity index (χ3v) is 2.18. The summed E-state index contributed by atoms with van der Waals surface area (Å²) in [5, 5.41) is 3.07. The number of nitrogens with two attached hydrogens (primary N) is 2. The highest BCUT2D eigenvalue weighted by Crippen LogP contribution is 2.16. The highest BCUT2D eigenvalue weighted by atomic mass is 15.2.